The molecule has 0 radical (unpaired) electrons. The molecule has 7 nitrogen and oxygen atoms in total. The number of rotatable bonds is 7. The largest absolute Gasteiger partial charge is 0.419 e. The summed E-state index contributed by atoms with van der Waals surface area (Å²) in [6.07, 6.45) is -1.13. The van der Waals surface area contributed by atoms with Gasteiger partial charge in [0, 0.05) is 42.5 Å². The van der Waals surface area contributed by atoms with Gasteiger partial charge in [0.15, 0.2) is 5.82 Å². The Morgan fingerprint density at radius 3 is 2.59 bits per heavy atom. The number of nitrogens with zero attached hydrogens (tertiary/aromatic N) is 5. The molecule has 1 aliphatic rings. The minimum absolute atomic E-state index is 0.165. The van der Waals surface area contributed by atoms with E-state index in [4.69, 9.17) is 23.2 Å². The minimum atomic E-state index is -4.49. The van der Waals surface area contributed by atoms with Crippen LogP contribution in [0.2, 0.25) is 10.0 Å². The molecule has 1 aliphatic heterocycles. The summed E-state index contributed by atoms with van der Waals surface area (Å²) in [5.41, 5.74) is -0.216. The van der Waals surface area contributed by atoms with Crippen LogP contribution in [0.1, 0.15) is 25.3 Å². The standard InChI is InChI=1S/C22H22Cl2F3N7/c1-13-4-3-11-34(13)21-32-18(15-7-6-14(23)12-17(15)24)31-20(33-21)30-10-9-29-19-16(22(25,26)27)5-2-8-28-19/h2,5-8,12-13H,3-4,9-11H2,1H3,(H,28,29)(H,30,31,32,33). The van der Waals surface area contributed by atoms with E-state index in [0.29, 0.717) is 33.3 Å². The third-order valence-corrected chi connectivity index (χ3v) is 5.97. The normalized spacial score (nSPS) is 16.1. The van der Waals surface area contributed by atoms with Gasteiger partial charge in [0.05, 0.1) is 10.6 Å². The highest BCUT2D eigenvalue weighted by Crippen LogP contribution is 2.33. The number of alkyl halides is 3. The van der Waals surface area contributed by atoms with Crippen molar-refractivity contribution in [3.63, 3.8) is 0 Å². The fourth-order valence-corrected chi connectivity index (χ4v) is 4.22. The van der Waals surface area contributed by atoms with E-state index in [0.717, 1.165) is 25.5 Å². The third kappa shape index (κ3) is 5.61. The Morgan fingerprint density at radius 2 is 1.88 bits per heavy atom. The quantitative estimate of drug-likeness (QED) is 0.389. The first kappa shape index (κ1) is 24.3. The molecule has 0 amide bonds. The van der Waals surface area contributed by atoms with Crippen LogP contribution in [0.15, 0.2) is 36.5 Å². The van der Waals surface area contributed by atoms with Gasteiger partial charge in [-0.3, -0.25) is 0 Å². The van der Waals surface area contributed by atoms with Crippen molar-refractivity contribution in [3.05, 3.63) is 52.1 Å². The van der Waals surface area contributed by atoms with Crippen molar-refractivity contribution in [1.82, 2.24) is 19.9 Å². The molecule has 4 rings (SSSR count). The van der Waals surface area contributed by atoms with E-state index < -0.39 is 11.7 Å². The molecule has 12 heteroatoms. The van der Waals surface area contributed by atoms with Crippen LogP contribution in [-0.4, -0.2) is 45.6 Å². The Kier molecular flexibility index (Phi) is 7.27. The molecule has 1 saturated heterocycles. The fraction of sp³-hybridized carbons (Fsp3) is 0.364. The number of pyridine rings is 1. The molecular weight excluding hydrogens is 490 g/mol. The zero-order valence-electron chi connectivity index (χ0n) is 18.2. The van der Waals surface area contributed by atoms with Gasteiger partial charge in [-0.05, 0) is 50.1 Å². The molecule has 0 bridgehead atoms. The highest BCUT2D eigenvalue weighted by molar-refractivity contribution is 6.36. The lowest BCUT2D eigenvalue weighted by atomic mass is 10.2. The summed E-state index contributed by atoms with van der Waals surface area (Å²) >= 11 is 12.4. The Hall–Kier alpha value is -2.85. The van der Waals surface area contributed by atoms with E-state index in [-0.39, 0.29) is 24.9 Å². The first-order valence-corrected chi connectivity index (χ1v) is 11.5. The summed E-state index contributed by atoms with van der Waals surface area (Å²) in [6.45, 7) is 3.34. The predicted octanol–water partition coefficient (Wildman–Crippen LogP) is 5.77. The van der Waals surface area contributed by atoms with Crippen LogP contribution in [0.5, 0.6) is 0 Å². The zero-order valence-corrected chi connectivity index (χ0v) is 19.7. The molecule has 2 aromatic heterocycles. The van der Waals surface area contributed by atoms with Crippen LogP contribution >= 0.6 is 23.2 Å². The Bertz CT molecular complexity index is 1160. The van der Waals surface area contributed by atoms with Crippen molar-refractivity contribution in [2.45, 2.75) is 32.0 Å². The molecular formula is C22H22Cl2F3N7. The van der Waals surface area contributed by atoms with Gasteiger partial charge in [-0.1, -0.05) is 23.2 Å². The highest BCUT2D eigenvalue weighted by Gasteiger charge is 2.34. The first-order chi connectivity index (χ1) is 16.2. The van der Waals surface area contributed by atoms with E-state index in [1.54, 1.807) is 18.2 Å². The SMILES string of the molecule is CC1CCCN1c1nc(NCCNc2ncccc2C(F)(F)F)nc(-c2ccc(Cl)cc2Cl)n1. The van der Waals surface area contributed by atoms with Gasteiger partial charge in [0.1, 0.15) is 5.82 Å². The molecule has 0 aliphatic carbocycles. The molecule has 1 unspecified atom stereocenters. The average Bonchev–Trinajstić information content (AvgIpc) is 3.22. The maximum absolute atomic E-state index is 13.2. The third-order valence-electron chi connectivity index (χ3n) is 5.42. The van der Waals surface area contributed by atoms with Crippen LogP contribution in [0.4, 0.5) is 30.9 Å². The predicted molar refractivity (Wildman–Crippen MR) is 128 cm³/mol. The van der Waals surface area contributed by atoms with Crippen LogP contribution in [0, 0.1) is 0 Å². The van der Waals surface area contributed by atoms with Crippen LogP contribution in [-0.2, 0) is 6.18 Å². The van der Waals surface area contributed by atoms with Gasteiger partial charge < -0.3 is 15.5 Å². The Morgan fingerprint density at radius 1 is 1.09 bits per heavy atom. The number of nitrogens with one attached hydrogen (secondary N) is 2. The van der Waals surface area contributed by atoms with E-state index in [1.807, 2.05) is 0 Å². The summed E-state index contributed by atoms with van der Waals surface area (Å²) in [7, 11) is 0. The van der Waals surface area contributed by atoms with Crippen molar-refractivity contribution in [2.24, 2.45) is 0 Å². The van der Waals surface area contributed by atoms with Crippen LogP contribution in [0.3, 0.4) is 0 Å². The lowest BCUT2D eigenvalue weighted by Crippen LogP contribution is -2.29. The number of aromatic nitrogens is 4. The van der Waals surface area contributed by atoms with E-state index >= 15 is 0 Å². The monoisotopic (exact) mass is 511 g/mol. The summed E-state index contributed by atoms with van der Waals surface area (Å²) in [5.74, 6) is 0.961. The number of anilines is 3. The van der Waals surface area contributed by atoms with Crippen LogP contribution in [0.25, 0.3) is 11.4 Å². The average molecular weight is 512 g/mol. The molecule has 1 fully saturated rings. The van der Waals surface area contributed by atoms with Gasteiger partial charge in [-0.15, -0.1) is 0 Å². The first-order valence-electron chi connectivity index (χ1n) is 10.7. The summed E-state index contributed by atoms with van der Waals surface area (Å²) in [5, 5.41) is 6.68. The van der Waals surface area contributed by atoms with Gasteiger partial charge in [0.25, 0.3) is 0 Å². The number of halogens is 5. The second-order valence-corrected chi connectivity index (χ2v) is 8.69. The van der Waals surface area contributed by atoms with Crippen LogP contribution < -0.4 is 15.5 Å². The van der Waals surface area contributed by atoms with Gasteiger partial charge in [-0.2, -0.15) is 28.1 Å². The van der Waals surface area contributed by atoms with Crippen molar-refractivity contribution in [3.8, 4) is 11.4 Å². The summed E-state index contributed by atoms with van der Waals surface area (Å²) in [4.78, 5) is 19.5. The minimum Gasteiger partial charge on any atom is -0.368 e. The van der Waals surface area contributed by atoms with E-state index in [2.05, 4.69) is 42.4 Å². The second kappa shape index (κ2) is 10.2. The van der Waals surface area contributed by atoms with Crippen molar-refractivity contribution < 1.29 is 13.2 Å². The summed E-state index contributed by atoms with van der Waals surface area (Å²) < 4.78 is 39.5. The van der Waals surface area contributed by atoms with Gasteiger partial charge in [0.2, 0.25) is 11.9 Å². The number of benzene rings is 1. The molecule has 34 heavy (non-hydrogen) atoms. The van der Waals surface area contributed by atoms with Crippen molar-refractivity contribution in [1.29, 1.82) is 0 Å². The summed E-state index contributed by atoms with van der Waals surface area (Å²) in [6, 6.07) is 7.56. The highest BCUT2D eigenvalue weighted by atomic mass is 35.5. The smallest absolute Gasteiger partial charge is 0.368 e. The molecule has 1 atom stereocenters. The Labute approximate surface area is 204 Å². The number of hydrogen-bond acceptors (Lipinski definition) is 7. The maximum atomic E-state index is 13.2. The lowest BCUT2D eigenvalue weighted by Gasteiger charge is -2.22. The lowest BCUT2D eigenvalue weighted by molar-refractivity contribution is -0.137. The molecule has 0 spiro atoms. The van der Waals surface area contributed by atoms with Gasteiger partial charge >= 0.3 is 6.18 Å². The van der Waals surface area contributed by atoms with Gasteiger partial charge in [-0.25, -0.2) is 4.98 Å². The zero-order chi connectivity index (χ0) is 24.3. The molecule has 3 aromatic rings. The van der Waals surface area contributed by atoms with E-state index in [9.17, 15) is 13.2 Å². The molecule has 180 valence electrons. The fourth-order valence-electron chi connectivity index (χ4n) is 3.72. The molecule has 2 N–H and O–H groups in total. The number of hydrogen-bond donors (Lipinski definition) is 2. The van der Waals surface area contributed by atoms with Crippen molar-refractivity contribution >= 4 is 40.9 Å². The molecule has 0 saturated carbocycles. The second-order valence-electron chi connectivity index (χ2n) is 7.84. The Balaban J connectivity index is 1.53. The molecule has 1 aromatic carbocycles. The molecule has 3 heterocycles. The maximum Gasteiger partial charge on any atom is 0.419 e. The van der Waals surface area contributed by atoms with Crippen molar-refractivity contribution in [2.75, 3.05) is 35.2 Å². The topological polar surface area (TPSA) is 78.9 Å². The van der Waals surface area contributed by atoms with E-state index in [1.165, 1.54) is 12.3 Å².